The maximum Gasteiger partial charge on any atom is 0.259 e. The van der Waals surface area contributed by atoms with Gasteiger partial charge in [0.25, 0.3) is 5.56 Å². The molecule has 6 heteroatoms. The molecule has 0 atom stereocenters. The fourth-order valence-electron chi connectivity index (χ4n) is 1.87. The minimum absolute atomic E-state index is 0.138. The van der Waals surface area contributed by atoms with Crippen LogP contribution in [0.4, 0.5) is 0 Å². The molecule has 4 N–H and O–H groups in total. The van der Waals surface area contributed by atoms with E-state index in [4.69, 9.17) is 10.9 Å². The number of hydrogen-bond acceptors (Lipinski definition) is 4. The summed E-state index contributed by atoms with van der Waals surface area (Å²) in [5, 5.41) is 11.6. The molecule has 0 aliphatic heterocycles. The summed E-state index contributed by atoms with van der Waals surface area (Å²) < 4.78 is 0. The number of aromatic nitrogens is 2. The quantitative estimate of drug-likeness (QED) is 0.332. The van der Waals surface area contributed by atoms with Crippen LogP contribution in [-0.2, 0) is 6.42 Å². The lowest BCUT2D eigenvalue weighted by Crippen LogP contribution is -2.25. The molecule has 0 fully saturated rings. The lowest BCUT2D eigenvalue weighted by atomic mass is 10.0. The molecule has 0 bridgehead atoms. The second-order valence-corrected chi connectivity index (χ2v) is 3.98. The maximum absolute atomic E-state index is 11.8. The summed E-state index contributed by atoms with van der Waals surface area (Å²) in [6.45, 7) is 1.94. The van der Waals surface area contributed by atoms with Crippen LogP contribution in [0.3, 0.4) is 0 Å². The Morgan fingerprint density at radius 1 is 1.58 bits per heavy atom. The molecule has 19 heavy (non-hydrogen) atoms. The van der Waals surface area contributed by atoms with Crippen LogP contribution in [0.2, 0.25) is 0 Å². The summed E-state index contributed by atoms with van der Waals surface area (Å²) in [7, 11) is 0. The van der Waals surface area contributed by atoms with Gasteiger partial charge >= 0.3 is 0 Å². The lowest BCUT2D eigenvalue weighted by Gasteiger charge is -2.09. The summed E-state index contributed by atoms with van der Waals surface area (Å²) in [4.78, 5) is 18.6. The highest BCUT2D eigenvalue weighted by atomic mass is 16.4. The normalized spacial score (nSPS) is 11.5. The third-order valence-electron chi connectivity index (χ3n) is 2.83. The van der Waals surface area contributed by atoms with E-state index in [1.165, 1.54) is 0 Å². The Bertz CT molecular complexity index is 662. The molecule has 0 amide bonds. The number of oxime groups is 1. The van der Waals surface area contributed by atoms with Gasteiger partial charge in [0.15, 0.2) is 5.84 Å². The van der Waals surface area contributed by atoms with Crippen molar-refractivity contribution < 1.29 is 5.21 Å². The summed E-state index contributed by atoms with van der Waals surface area (Å²) in [5.41, 5.74) is 7.73. The van der Waals surface area contributed by atoms with Crippen molar-refractivity contribution in [1.82, 2.24) is 9.97 Å². The Labute approximate surface area is 109 Å². The Morgan fingerprint density at radius 3 is 2.95 bits per heavy atom. The predicted molar refractivity (Wildman–Crippen MR) is 72.2 cm³/mol. The van der Waals surface area contributed by atoms with Gasteiger partial charge in [-0.15, -0.1) is 0 Å². The Balaban J connectivity index is 2.69. The molecule has 2 rings (SSSR count). The van der Waals surface area contributed by atoms with Crippen molar-refractivity contribution in [2.75, 3.05) is 0 Å². The number of amidine groups is 1. The number of nitrogens with one attached hydrogen (secondary N) is 1. The summed E-state index contributed by atoms with van der Waals surface area (Å²) in [5.74, 6) is -0.214. The minimum atomic E-state index is -0.375. The second kappa shape index (κ2) is 5.34. The fraction of sp³-hybridized carbons (Fsp3) is 0.154. The zero-order valence-corrected chi connectivity index (χ0v) is 10.4. The molecule has 0 aliphatic rings. The molecule has 6 nitrogen and oxygen atoms in total. The van der Waals surface area contributed by atoms with Crippen molar-refractivity contribution >= 4 is 5.84 Å². The van der Waals surface area contributed by atoms with Gasteiger partial charge in [0.2, 0.25) is 0 Å². The first-order chi connectivity index (χ1) is 9.17. The molecule has 0 aromatic carbocycles. The van der Waals surface area contributed by atoms with Crippen molar-refractivity contribution in [2.24, 2.45) is 10.9 Å². The molecule has 2 heterocycles. The van der Waals surface area contributed by atoms with Gasteiger partial charge < -0.3 is 15.9 Å². The van der Waals surface area contributed by atoms with E-state index in [-0.39, 0.29) is 17.0 Å². The molecule has 0 radical (unpaired) electrons. The van der Waals surface area contributed by atoms with Gasteiger partial charge in [-0.05, 0) is 18.6 Å². The summed E-state index contributed by atoms with van der Waals surface area (Å²) >= 11 is 0. The van der Waals surface area contributed by atoms with E-state index in [0.717, 1.165) is 16.8 Å². The molecule has 2 aromatic rings. The standard InChI is InChI=1S/C13H14N4O2/c1-2-11-9(8-4-3-5-15-7-8)6-10(12(14)17-19)13(18)16-11/h3-7,19H,2H2,1H3,(H2,14,17)(H,16,18). The highest BCUT2D eigenvalue weighted by Gasteiger charge is 2.12. The first-order valence-electron chi connectivity index (χ1n) is 5.81. The maximum atomic E-state index is 11.8. The Morgan fingerprint density at radius 2 is 2.37 bits per heavy atom. The zero-order valence-electron chi connectivity index (χ0n) is 10.4. The molecular weight excluding hydrogens is 244 g/mol. The summed E-state index contributed by atoms with van der Waals surface area (Å²) in [6, 6.07) is 5.31. The number of aromatic amines is 1. The molecule has 0 saturated carbocycles. The monoisotopic (exact) mass is 258 g/mol. The fourth-order valence-corrected chi connectivity index (χ4v) is 1.87. The molecule has 0 spiro atoms. The average Bonchev–Trinajstić information content (AvgIpc) is 2.47. The molecule has 0 unspecified atom stereocenters. The summed E-state index contributed by atoms with van der Waals surface area (Å²) in [6.07, 6.45) is 4.03. The van der Waals surface area contributed by atoms with Crippen molar-refractivity contribution in [2.45, 2.75) is 13.3 Å². The number of hydrogen-bond donors (Lipinski definition) is 3. The van der Waals surface area contributed by atoms with E-state index in [1.807, 2.05) is 19.1 Å². The number of nitrogens with zero attached hydrogens (tertiary/aromatic N) is 2. The van der Waals surface area contributed by atoms with Gasteiger partial charge in [-0.3, -0.25) is 9.78 Å². The smallest absolute Gasteiger partial charge is 0.259 e. The largest absolute Gasteiger partial charge is 0.409 e. The molecule has 98 valence electrons. The van der Waals surface area contributed by atoms with Crippen LogP contribution in [0.25, 0.3) is 11.1 Å². The Hall–Kier alpha value is -2.63. The second-order valence-electron chi connectivity index (χ2n) is 3.98. The molecular formula is C13H14N4O2. The Kier molecular flexibility index (Phi) is 3.61. The van der Waals surface area contributed by atoms with Gasteiger partial charge in [-0.25, -0.2) is 0 Å². The third-order valence-corrected chi connectivity index (χ3v) is 2.83. The van der Waals surface area contributed by atoms with E-state index in [9.17, 15) is 4.79 Å². The topological polar surface area (TPSA) is 104 Å². The van der Waals surface area contributed by atoms with Crippen LogP contribution in [0.1, 0.15) is 18.2 Å². The number of rotatable bonds is 3. The van der Waals surface area contributed by atoms with Crippen LogP contribution in [0, 0.1) is 0 Å². The molecule has 0 saturated heterocycles. The van der Waals surface area contributed by atoms with Crippen molar-refractivity contribution in [3.63, 3.8) is 0 Å². The van der Waals surface area contributed by atoms with Crippen LogP contribution < -0.4 is 11.3 Å². The highest BCUT2D eigenvalue weighted by molar-refractivity contribution is 5.97. The third kappa shape index (κ3) is 2.47. The van der Waals surface area contributed by atoms with Crippen LogP contribution in [0.5, 0.6) is 0 Å². The van der Waals surface area contributed by atoms with Gasteiger partial charge in [-0.2, -0.15) is 0 Å². The van der Waals surface area contributed by atoms with E-state index >= 15 is 0 Å². The lowest BCUT2D eigenvalue weighted by molar-refractivity contribution is 0.318. The van der Waals surface area contributed by atoms with Crippen molar-refractivity contribution in [3.05, 3.63) is 52.2 Å². The van der Waals surface area contributed by atoms with Crippen LogP contribution in [-0.4, -0.2) is 21.0 Å². The number of aryl methyl sites for hydroxylation is 1. The first kappa shape index (κ1) is 12.8. The van der Waals surface area contributed by atoms with Crippen LogP contribution in [0.15, 0.2) is 40.5 Å². The zero-order chi connectivity index (χ0) is 13.8. The number of pyridine rings is 2. The van der Waals surface area contributed by atoms with E-state index in [1.54, 1.807) is 18.5 Å². The first-order valence-corrected chi connectivity index (χ1v) is 5.81. The average molecular weight is 258 g/mol. The molecule has 0 aliphatic carbocycles. The van der Waals surface area contributed by atoms with Gasteiger partial charge in [0.05, 0.1) is 5.56 Å². The number of H-pyrrole nitrogens is 1. The van der Waals surface area contributed by atoms with Crippen molar-refractivity contribution in [3.8, 4) is 11.1 Å². The predicted octanol–water partition coefficient (Wildman–Crippen LogP) is 1.09. The van der Waals surface area contributed by atoms with E-state index in [2.05, 4.69) is 15.1 Å². The van der Waals surface area contributed by atoms with Gasteiger partial charge in [-0.1, -0.05) is 18.1 Å². The highest BCUT2D eigenvalue weighted by Crippen LogP contribution is 2.21. The van der Waals surface area contributed by atoms with Crippen molar-refractivity contribution in [1.29, 1.82) is 0 Å². The van der Waals surface area contributed by atoms with Crippen LogP contribution >= 0.6 is 0 Å². The van der Waals surface area contributed by atoms with Gasteiger partial charge in [0.1, 0.15) is 0 Å². The van der Waals surface area contributed by atoms with E-state index < -0.39 is 0 Å². The minimum Gasteiger partial charge on any atom is -0.409 e. The molecule has 2 aromatic heterocycles. The van der Waals surface area contributed by atoms with E-state index in [0.29, 0.717) is 6.42 Å². The number of nitrogens with two attached hydrogens (primary N) is 1. The van der Waals surface area contributed by atoms with Gasteiger partial charge in [0, 0.05) is 29.2 Å². The SMILES string of the molecule is CCc1[nH]c(=O)c(C(N)=NO)cc1-c1cccnc1.